The van der Waals surface area contributed by atoms with Gasteiger partial charge in [-0.15, -0.1) is 0 Å². The number of aromatic hydroxyl groups is 1. The van der Waals surface area contributed by atoms with Crippen LogP contribution in [0.2, 0.25) is 0 Å². The molecule has 0 aromatic heterocycles. The Morgan fingerprint density at radius 3 is 2.55 bits per heavy atom. The molecule has 0 aliphatic rings. The number of phenols is 1. The van der Waals surface area contributed by atoms with E-state index < -0.39 is 0 Å². The average Bonchev–Trinajstić information content (AvgIpc) is 2.46. The Hall–Kier alpha value is -2.07. The number of hydrogen-bond donors (Lipinski definition) is 2. The molecule has 0 spiro atoms. The molecule has 3 nitrogen and oxygen atoms in total. The number of hydrogen-bond acceptors (Lipinski definition) is 3. The Balaban J connectivity index is 2.15. The summed E-state index contributed by atoms with van der Waals surface area (Å²) in [5, 5.41) is 12.3. The maximum atomic E-state index is 13.4. The predicted octanol–water partition coefficient (Wildman–Crippen LogP) is 3.39. The van der Waals surface area contributed by atoms with Gasteiger partial charge in [-0.05, 0) is 37.7 Å². The van der Waals surface area contributed by atoms with Gasteiger partial charge in [0.2, 0.25) is 0 Å². The fraction of sp³-hybridized carbons (Fsp3) is 0.250. The van der Waals surface area contributed by atoms with E-state index >= 15 is 0 Å². The summed E-state index contributed by atoms with van der Waals surface area (Å²) in [6.45, 7) is 2.31. The van der Waals surface area contributed by atoms with E-state index in [-0.39, 0.29) is 17.6 Å². The van der Waals surface area contributed by atoms with Crippen molar-refractivity contribution in [2.75, 3.05) is 7.05 Å². The lowest BCUT2D eigenvalue weighted by atomic mass is 10.1. The summed E-state index contributed by atoms with van der Waals surface area (Å²) >= 11 is 0. The molecular formula is C16H18FNO2. The minimum Gasteiger partial charge on any atom is -0.508 e. The fourth-order valence-corrected chi connectivity index (χ4v) is 1.90. The summed E-state index contributed by atoms with van der Waals surface area (Å²) in [7, 11) is 1.85. The third-order valence-electron chi connectivity index (χ3n) is 3.21. The molecule has 0 bridgehead atoms. The van der Waals surface area contributed by atoms with Crippen molar-refractivity contribution >= 4 is 0 Å². The molecule has 0 amide bonds. The van der Waals surface area contributed by atoms with Crippen LogP contribution in [0.15, 0.2) is 42.5 Å². The lowest BCUT2D eigenvalue weighted by Crippen LogP contribution is -2.14. The zero-order valence-electron chi connectivity index (χ0n) is 11.6. The molecule has 20 heavy (non-hydrogen) atoms. The third-order valence-corrected chi connectivity index (χ3v) is 3.21. The molecule has 2 aromatic carbocycles. The van der Waals surface area contributed by atoms with E-state index in [0.717, 1.165) is 11.1 Å². The molecule has 2 rings (SSSR count). The van der Waals surface area contributed by atoms with Crippen molar-refractivity contribution in [1.29, 1.82) is 0 Å². The minimum atomic E-state index is -0.322. The van der Waals surface area contributed by atoms with Gasteiger partial charge in [0.05, 0.1) is 0 Å². The monoisotopic (exact) mass is 275 g/mol. The molecule has 1 atom stereocenters. The summed E-state index contributed by atoms with van der Waals surface area (Å²) in [5.41, 5.74) is 1.82. The lowest BCUT2D eigenvalue weighted by Gasteiger charge is -2.16. The van der Waals surface area contributed by atoms with Gasteiger partial charge in [0, 0.05) is 17.7 Å². The van der Waals surface area contributed by atoms with E-state index in [2.05, 4.69) is 5.32 Å². The third kappa shape index (κ3) is 3.48. The second-order valence-corrected chi connectivity index (χ2v) is 4.65. The van der Waals surface area contributed by atoms with Gasteiger partial charge in [-0.1, -0.05) is 18.2 Å². The number of ether oxygens (including phenoxy) is 1. The Morgan fingerprint density at radius 1 is 1.20 bits per heavy atom. The number of benzene rings is 2. The van der Waals surface area contributed by atoms with Crippen LogP contribution >= 0.6 is 0 Å². The first-order valence-electron chi connectivity index (χ1n) is 6.47. The topological polar surface area (TPSA) is 41.5 Å². The van der Waals surface area contributed by atoms with Gasteiger partial charge in [0.1, 0.15) is 23.9 Å². The number of halogens is 1. The molecule has 2 N–H and O–H groups in total. The van der Waals surface area contributed by atoms with Gasteiger partial charge < -0.3 is 15.2 Å². The zero-order chi connectivity index (χ0) is 14.5. The maximum Gasteiger partial charge on any atom is 0.127 e. The first kappa shape index (κ1) is 14.3. The minimum absolute atomic E-state index is 0.0745. The van der Waals surface area contributed by atoms with Crippen LogP contribution in [0.4, 0.5) is 4.39 Å². The molecule has 0 saturated carbocycles. The van der Waals surface area contributed by atoms with Crippen LogP contribution in [0.5, 0.6) is 11.5 Å². The van der Waals surface area contributed by atoms with Crippen molar-refractivity contribution in [3.63, 3.8) is 0 Å². The number of rotatable bonds is 5. The first-order valence-corrected chi connectivity index (χ1v) is 6.47. The van der Waals surface area contributed by atoms with Gasteiger partial charge in [0.15, 0.2) is 0 Å². The molecule has 106 valence electrons. The molecule has 0 radical (unpaired) electrons. The summed E-state index contributed by atoms with van der Waals surface area (Å²) in [6.07, 6.45) is 0. The molecule has 1 unspecified atom stereocenters. The molecule has 0 heterocycles. The number of phenolic OH excluding ortho intramolecular Hbond substituents is 1. The van der Waals surface area contributed by atoms with Gasteiger partial charge in [-0.3, -0.25) is 0 Å². The van der Waals surface area contributed by atoms with Crippen LogP contribution in [0.3, 0.4) is 0 Å². The highest BCUT2D eigenvalue weighted by Crippen LogP contribution is 2.26. The van der Waals surface area contributed by atoms with Crippen molar-refractivity contribution in [2.24, 2.45) is 0 Å². The van der Waals surface area contributed by atoms with Gasteiger partial charge in [0.25, 0.3) is 0 Å². The van der Waals surface area contributed by atoms with Crippen LogP contribution in [-0.4, -0.2) is 12.2 Å². The number of nitrogens with one attached hydrogen (secondary N) is 1. The lowest BCUT2D eigenvalue weighted by molar-refractivity contribution is 0.298. The smallest absolute Gasteiger partial charge is 0.127 e. The maximum absolute atomic E-state index is 13.4. The van der Waals surface area contributed by atoms with Crippen LogP contribution in [0.25, 0.3) is 0 Å². The highest BCUT2D eigenvalue weighted by atomic mass is 19.1. The van der Waals surface area contributed by atoms with Crippen molar-refractivity contribution in [3.8, 4) is 11.5 Å². The molecule has 0 saturated heterocycles. The van der Waals surface area contributed by atoms with Crippen LogP contribution < -0.4 is 10.1 Å². The van der Waals surface area contributed by atoms with Crippen molar-refractivity contribution in [1.82, 2.24) is 5.32 Å². The van der Waals surface area contributed by atoms with Crippen molar-refractivity contribution in [2.45, 2.75) is 19.6 Å². The molecular weight excluding hydrogens is 257 g/mol. The average molecular weight is 275 g/mol. The Morgan fingerprint density at radius 2 is 1.90 bits per heavy atom. The Bertz CT molecular complexity index is 569. The van der Waals surface area contributed by atoms with E-state index in [1.807, 2.05) is 14.0 Å². The highest BCUT2D eigenvalue weighted by Gasteiger charge is 2.11. The first-order chi connectivity index (χ1) is 9.60. The quantitative estimate of drug-likeness (QED) is 0.879. The summed E-state index contributed by atoms with van der Waals surface area (Å²) in [6, 6.07) is 11.4. The fourth-order valence-electron chi connectivity index (χ4n) is 1.90. The SMILES string of the molecule is CNC(C)c1ccc(F)cc1OCc1ccc(O)cc1. The predicted molar refractivity (Wildman–Crippen MR) is 76.3 cm³/mol. The van der Waals surface area contributed by atoms with Gasteiger partial charge in [-0.25, -0.2) is 4.39 Å². The van der Waals surface area contributed by atoms with Crippen LogP contribution in [-0.2, 0) is 6.61 Å². The van der Waals surface area contributed by atoms with E-state index in [1.165, 1.54) is 12.1 Å². The zero-order valence-corrected chi connectivity index (χ0v) is 11.6. The van der Waals surface area contributed by atoms with E-state index in [4.69, 9.17) is 4.74 Å². The van der Waals surface area contributed by atoms with E-state index in [9.17, 15) is 9.50 Å². The Labute approximate surface area is 118 Å². The van der Waals surface area contributed by atoms with Gasteiger partial charge in [-0.2, -0.15) is 0 Å². The molecule has 0 aliphatic heterocycles. The normalized spacial score (nSPS) is 12.2. The van der Waals surface area contributed by atoms with Crippen LogP contribution in [0, 0.1) is 5.82 Å². The molecule has 4 heteroatoms. The largest absolute Gasteiger partial charge is 0.508 e. The summed E-state index contributed by atoms with van der Waals surface area (Å²) in [4.78, 5) is 0. The summed E-state index contributed by atoms with van der Waals surface area (Å²) in [5.74, 6) is 0.418. The second-order valence-electron chi connectivity index (χ2n) is 4.65. The van der Waals surface area contributed by atoms with Crippen LogP contribution in [0.1, 0.15) is 24.1 Å². The standard InChI is InChI=1S/C16H18FNO2/c1-11(18-2)15-8-5-13(17)9-16(15)20-10-12-3-6-14(19)7-4-12/h3-9,11,18-19H,10H2,1-2H3. The molecule has 2 aromatic rings. The van der Waals surface area contributed by atoms with Crippen molar-refractivity contribution < 1.29 is 14.2 Å². The summed E-state index contributed by atoms with van der Waals surface area (Å²) < 4.78 is 19.1. The second kappa shape index (κ2) is 6.39. The van der Waals surface area contributed by atoms with Crippen molar-refractivity contribution in [3.05, 3.63) is 59.4 Å². The van der Waals surface area contributed by atoms with E-state index in [1.54, 1.807) is 30.3 Å². The highest BCUT2D eigenvalue weighted by molar-refractivity contribution is 5.36. The van der Waals surface area contributed by atoms with Gasteiger partial charge >= 0.3 is 0 Å². The van der Waals surface area contributed by atoms with E-state index in [0.29, 0.717) is 12.4 Å². The molecule has 0 aliphatic carbocycles. The Kier molecular flexibility index (Phi) is 4.58. The molecule has 0 fully saturated rings.